The number of alkyl halides is 1. The molecule has 0 saturated carbocycles. The average molecular weight is 278 g/mol. The summed E-state index contributed by atoms with van der Waals surface area (Å²) in [6.07, 6.45) is 3.53. The quantitative estimate of drug-likeness (QED) is 0.852. The second-order valence-electron chi connectivity index (χ2n) is 3.50. The van der Waals surface area contributed by atoms with Gasteiger partial charge < -0.3 is 5.32 Å². The molecule has 1 heterocycles. The summed E-state index contributed by atoms with van der Waals surface area (Å²) in [7, 11) is 0. The Hall–Kier alpha value is -0.280. The minimum absolute atomic E-state index is 0.287. The molecule has 0 aliphatic heterocycles. The molecule has 0 aliphatic carbocycles. The largest absolute Gasteiger partial charge is 0.380 e. The normalized spacial score (nSPS) is 12.9. The molecule has 0 aromatic carbocycles. The van der Waals surface area contributed by atoms with Crippen molar-refractivity contribution in [1.29, 1.82) is 0 Å². The predicted octanol–water partition coefficient (Wildman–Crippen LogP) is 3.52. The lowest BCUT2D eigenvalue weighted by atomic mass is 10.1. The molecule has 1 aromatic heterocycles. The molecular formula is C10H14BrClN2. The van der Waals surface area contributed by atoms with Crippen molar-refractivity contribution in [1.82, 2.24) is 4.98 Å². The van der Waals surface area contributed by atoms with Crippen molar-refractivity contribution in [3.8, 4) is 0 Å². The fourth-order valence-electron chi connectivity index (χ4n) is 1.08. The van der Waals surface area contributed by atoms with E-state index in [9.17, 15) is 0 Å². The number of anilines is 1. The molecule has 1 unspecified atom stereocenters. The maximum atomic E-state index is 5.87. The average Bonchev–Trinajstić information content (AvgIpc) is 2.16. The number of pyridine rings is 1. The van der Waals surface area contributed by atoms with Gasteiger partial charge in [-0.05, 0) is 27.9 Å². The first-order chi connectivity index (χ1) is 6.65. The summed E-state index contributed by atoms with van der Waals surface area (Å²) < 4.78 is 0.968. The molecule has 0 spiro atoms. The number of halogens is 2. The smallest absolute Gasteiger partial charge is 0.0590 e. The standard InChI is InChI=1S/C10H14BrClN2/c1-7(2)10(5-12)14-9-3-4-13-6-8(9)11/h3-4,6-7,10H,5H2,1-2H3,(H,13,14). The Morgan fingerprint density at radius 2 is 2.29 bits per heavy atom. The molecule has 78 valence electrons. The summed E-state index contributed by atoms with van der Waals surface area (Å²) in [6.45, 7) is 4.30. The zero-order valence-corrected chi connectivity index (χ0v) is 10.6. The summed E-state index contributed by atoms with van der Waals surface area (Å²) in [5, 5.41) is 3.38. The van der Waals surface area contributed by atoms with Gasteiger partial charge in [-0.15, -0.1) is 11.6 Å². The van der Waals surface area contributed by atoms with Gasteiger partial charge in [0.25, 0.3) is 0 Å². The van der Waals surface area contributed by atoms with E-state index in [2.05, 4.69) is 40.1 Å². The van der Waals surface area contributed by atoms with Gasteiger partial charge in [0.15, 0.2) is 0 Å². The summed E-state index contributed by atoms with van der Waals surface area (Å²) in [6, 6.07) is 2.22. The van der Waals surface area contributed by atoms with E-state index < -0.39 is 0 Å². The Kier molecular flexibility index (Phi) is 4.69. The van der Waals surface area contributed by atoms with Crippen LogP contribution in [0.15, 0.2) is 22.9 Å². The van der Waals surface area contributed by atoms with Crippen molar-refractivity contribution in [2.45, 2.75) is 19.9 Å². The third-order valence-corrected chi connectivity index (χ3v) is 3.05. The molecule has 0 amide bonds. The van der Waals surface area contributed by atoms with Crippen LogP contribution in [0.1, 0.15) is 13.8 Å². The van der Waals surface area contributed by atoms with Crippen LogP contribution < -0.4 is 5.32 Å². The first-order valence-corrected chi connectivity index (χ1v) is 5.90. The minimum Gasteiger partial charge on any atom is -0.380 e. The summed E-state index contributed by atoms with van der Waals surface area (Å²) in [5.41, 5.74) is 1.04. The van der Waals surface area contributed by atoms with Crippen LogP contribution in [0.5, 0.6) is 0 Å². The Morgan fingerprint density at radius 3 is 2.79 bits per heavy atom. The molecule has 1 atom stereocenters. The number of hydrogen-bond donors (Lipinski definition) is 1. The van der Waals surface area contributed by atoms with Gasteiger partial charge in [0.2, 0.25) is 0 Å². The van der Waals surface area contributed by atoms with Gasteiger partial charge in [-0.3, -0.25) is 4.98 Å². The van der Waals surface area contributed by atoms with Crippen LogP contribution in [0, 0.1) is 5.92 Å². The van der Waals surface area contributed by atoms with Crippen LogP contribution in [-0.4, -0.2) is 16.9 Å². The maximum absolute atomic E-state index is 5.87. The summed E-state index contributed by atoms with van der Waals surface area (Å²) in [4.78, 5) is 4.00. The molecule has 1 aromatic rings. The van der Waals surface area contributed by atoms with Gasteiger partial charge in [-0.2, -0.15) is 0 Å². The minimum atomic E-state index is 0.287. The lowest BCUT2D eigenvalue weighted by molar-refractivity contribution is 0.564. The fourth-order valence-corrected chi connectivity index (χ4v) is 1.87. The van der Waals surface area contributed by atoms with Crippen molar-refractivity contribution in [2.75, 3.05) is 11.2 Å². The van der Waals surface area contributed by atoms with Crippen molar-refractivity contribution in [3.05, 3.63) is 22.9 Å². The topological polar surface area (TPSA) is 24.9 Å². The van der Waals surface area contributed by atoms with Crippen LogP contribution in [0.4, 0.5) is 5.69 Å². The second kappa shape index (κ2) is 5.56. The molecule has 4 heteroatoms. The Labute approximate surface area is 98.2 Å². The van der Waals surface area contributed by atoms with Crippen LogP contribution in [-0.2, 0) is 0 Å². The zero-order valence-electron chi connectivity index (χ0n) is 8.30. The van der Waals surface area contributed by atoms with E-state index in [0.717, 1.165) is 10.2 Å². The van der Waals surface area contributed by atoms with Crippen molar-refractivity contribution in [3.63, 3.8) is 0 Å². The number of hydrogen-bond acceptors (Lipinski definition) is 2. The monoisotopic (exact) mass is 276 g/mol. The van der Waals surface area contributed by atoms with Gasteiger partial charge in [-0.1, -0.05) is 13.8 Å². The molecule has 0 radical (unpaired) electrons. The van der Waals surface area contributed by atoms with E-state index in [1.807, 2.05) is 6.07 Å². The Balaban J connectivity index is 2.72. The fraction of sp³-hybridized carbons (Fsp3) is 0.500. The highest BCUT2D eigenvalue weighted by Gasteiger charge is 2.12. The van der Waals surface area contributed by atoms with Crippen LogP contribution >= 0.6 is 27.5 Å². The van der Waals surface area contributed by atoms with Gasteiger partial charge in [0.05, 0.1) is 10.2 Å². The number of aromatic nitrogens is 1. The Bertz CT molecular complexity index is 291. The molecule has 1 rings (SSSR count). The molecule has 14 heavy (non-hydrogen) atoms. The highest BCUT2D eigenvalue weighted by atomic mass is 79.9. The van der Waals surface area contributed by atoms with Gasteiger partial charge >= 0.3 is 0 Å². The highest BCUT2D eigenvalue weighted by molar-refractivity contribution is 9.10. The molecule has 0 saturated heterocycles. The van der Waals surface area contributed by atoms with E-state index in [1.165, 1.54) is 0 Å². The van der Waals surface area contributed by atoms with Crippen molar-refractivity contribution >= 4 is 33.2 Å². The van der Waals surface area contributed by atoms with Gasteiger partial charge in [-0.25, -0.2) is 0 Å². The maximum Gasteiger partial charge on any atom is 0.0590 e. The molecule has 2 nitrogen and oxygen atoms in total. The van der Waals surface area contributed by atoms with E-state index in [-0.39, 0.29) is 6.04 Å². The zero-order chi connectivity index (χ0) is 10.6. The van der Waals surface area contributed by atoms with Crippen molar-refractivity contribution in [2.24, 2.45) is 5.92 Å². The second-order valence-corrected chi connectivity index (χ2v) is 4.67. The number of rotatable bonds is 4. The Morgan fingerprint density at radius 1 is 1.57 bits per heavy atom. The van der Waals surface area contributed by atoms with E-state index in [1.54, 1.807) is 12.4 Å². The van der Waals surface area contributed by atoms with Crippen LogP contribution in [0.2, 0.25) is 0 Å². The molecule has 1 N–H and O–H groups in total. The molecule has 0 aliphatic rings. The third kappa shape index (κ3) is 3.14. The van der Waals surface area contributed by atoms with Crippen molar-refractivity contribution < 1.29 is 0 Å². The SMILES string of the molecule is CC(C)C(CCl)Nc1ccncc1Br. The molecule has 0 fully saturated rings. The number of nitrogens with one attached hydrogen (secondary N) is 1. The third-order valence-electron chi connectivity index (χ3n) is 2.08. The lowest BCUT2D eigenvalue weighted by Gasteiger charge is -2.21. The van der Waals surface area contributed by atoms with E-state index in [4.69, 9.17) is 11.6 Å². The molecular weight excluding hydrogens is 263 g/mol. The highest BCUT2D eigenvalue weighted by Crippen LogP contribution is 2.22. The number of nitrogens with zero attached hydrogens (tertiary/aromatic N) is 1. The van der Waals surface area contributed by atoms with Gasteiger partial charge in [0, 0.05) is 24.3 Å². The summed E-state index contributed by atoms with van der Waals surface area (Å²) in [5.74, 6) is 1.11. The first kappa shape index (κ1) is 11.8. The lowest BCUT2D eigenvalue weighted by Crippen LogP contribution is -2.27. The van der Waals surface area contributed by atoms with E-state index in [0.29, 0.717) is 11.8 Å². The first-order valence-electron chi connectivity index (χ1n) is 4.57. The molecule has 0 bridgehead atoms. The van der Waals surface area contributed by atoms with Gasteiger partial charge in [0.1, 0.15) is 0 Å². The predicted molar refractivity (Wildman–Crippen MR) is 64.9 cm³/mol. The summed E-state index contributed by atoms with van der Waals surface area (Å²) >= 11 is 9.31. The van der Waals surface area contributed by atoms with E-state index >= 15 is 0 Å². The van der Waals surface area contributed by atoms with Crippen LogP contribution in [0.3, 0.4) is 0 Å². The van der Waals surface area contributed by atoms with Crippen LogP contribution in [0.25, 0.3) is 0 Å².